The van der Waals surface area contributed by atoms with E-state index < -0.39 is 0 Å². The molecule has 2 atom stereocenters. The Hall–Kier alpha value is -1.26. The zero-order valence-electron chi connectivity index (χ0n) is 12.0. The maximum atomic E-state index is 12.7. The van der Waals surface area contributed by atoms with E-state index in [0.29, 0.717) is 6.61 Å². The molecule has 1 aliphatic heterocycles. The number of hydrogen-bond donors (Lipinski definition) is 0. The van der Waals surface area contributed by atoms with Crippen LogP contribution in [0.1, 0.15) is 36.9 Å². The number of hydrogen-bond acceptors (Lipinski definition) is 4. The quantitative estimate of drug-likeness (QED) is 0.839. The predicted molar refractivity (Wildman–Crippen MR) is 76.8 cm³/mol. The Morgan fingerprint density at radius 2 is 2.45 bits per heavy atom. The fourth-order valence-electron chi connectivity index (χ4n) is 3.31. The highest BCUT2D eigenvalue weighted by Gasteiger charge is 2.36. The minimum absolute atomic E-state index is 0.0576. The number of Topliss-reactive ketones (excluding diaryl/α,β-unsaturated/α-hetero) is 1. The first-order chi connectivity index (χ1) is 9.79. The lowest BCUT2D eigenvalue weighted by atomic mass is 9.96. The lowest BCUT2D eigenvalue weighted by molar-refractivity contribution is -0.137. The number of nitrogens with zero attached hydrogens (tertiary/aromatic N) is 2. The average molecular weight is 274 g/mol. The summed E-state index contributed by atoms with van der Waals surface area (Å²) >= 11 is 0. The number of pyridine rings is 1. The molecule has 0 N–H and O–H groups in total. The number of aromatic nitrogens is 1. The second kappa shape index (κ2) is 6.02. The summed E-state index contributed by atoms with van der Waals surface area (Å²) in [6, 6.07) is 4.03. The van der Waals surface area contributed by atoms with Crippen molar-refractivity contribution in [2.24, 2.45) is 0 Å². The largest absolute Gasteiger partial charge is 0.368 e. The lowest BCUT2D eigenvalue weighted by Gasteiger charge is -2.32. The van der Waals surface area contributed by atoms with Crippen LogP contribution in [0.4, 0.5) is 0 Å². The summed E-state index contributed by atoms with van der Waals surface area (Å²) in [5.41, 5.74) is 2.21. The van der Waals surface area contributed by atoms with Crippen LogP contribution in [0.2, 0.25) is 0 Å². The molecule has 0 aromatic carbocycles. The first-order valence-corrected chi connectivity index (χ1v) is 7.61. The molecule has 2 heterocycles. The van der Waals surface area contributed by atoms with Gasteiger partial charge in [-0.05, 0) is 37.4 Å². The SMILES string of the molecule is CCCN1CCOC(C(=O)C2CCc3cccnc32)C1. The summed E-state index contributed by atoms with van der Waals surface area (Å²) in [6.07, 6.45) is 4.49. The molecular formula is C16H22N2O2. The number of ether oxygens (including phenoxy) is 1. The Morgan fingerprint density at radius 1 is 1.55 bits per heavy atom. The van der Waals surface area contributed by atoms with Crippen LogP contribution < -0.4 is 0 Å². The Labute approximate surface area is 120 Å². The van der Waals surface area contributed by atoms with E-state index in [-0.39, 0.29) is 17.8 Å². The van der Waals surface area contributed by atoms with Crippen molar-refractivity contribution in [1.29, 1.82) is 0 Å². The minimum atomic E-state index is -0.270. The van der Waals surface area contributed by atoms with Crippen LogP contribution in [0, 0.1) is 0 Å². The molecule has 4 heteroatoms. The topological polar surface area (TPSA) is 42.4 Å². The van der Waals surface area contributed by atoms with E-state index in [9.17, 15) is 4.79 Å². The number of carbonyl (C=O) groups is 1. The summed E-state index contributed by atoms with van der Waals surface area (Å²) in [5, 5.41) is 0. The summed E-state index contributed by atoms with van der Waals surface area (Å²) in [6.45, 7) is 5.57. The van der Waals surface area contributed by atoms with Crippen molar-refractivity contribution in [2.75, 3.05) is 26.2 Å². The van der Waals surface area contributed by atoms with Gasteiger partial charge in [0.2, 0.25) is 0 Å². The fourth-order valence-corrected chi connectivity index (χ4v) is 3.31. The van der Waals surface area contributed by atoms with Crippen LogP contribution >= 0.6 is 0 Å². The first-order valence-electron chi connectivity index (χ1n) is 7.61. The normalized spacial score (nSPS) is 26.4. The van der Waals surface area contributed by atoms with Gasteiger partial charge in [0.25, 0.3) is 0 Å². The molecule has 1 aliphatic carbocycles. The monoisotopic (exact) mass is 274 g/mol. The Balaban J connectivity index is 1.70. The molecule has 1 aromatic rings. The van der Waals surface area contributed by atoms with E-state index in [1.54, 1.807) is 6.20 Å². The molecule has 2 unspecified atom stereocenters. The lowest BCUT2D eigenvalue weighted by Crippen LogP contribution is -2.47. The van der Waals surface area contributed by atoms with Crippen molar-refractivity contribution < 1.29 is 9.53 Å². The molecule has 1 fully saturated rings. The van der Waals surface area contributed by atoms with Gasteiger partial charge in [-0.3, -0.25) is 14.7 Å². The zero-order chi connectivity index (χ0) is 13.9. The molecule has 0 spiro atoms. The molecule has 4 nitrogen and oxygen atoms in total. The van der Waals surface area contributed by atoms with Crippen molar-refractivity contribution in [2.45, 2.75) is 38.2 Å². The van der Waals surface area contributed by atoms with Crippen molar-refractivity contribution in [3.8, 4) is 0 Å². The average Bonchev–Trinajstić information content (AvgIpc) is 2.91. The maximum Gasteiger partial charge on any atom is 0.171 e. The van der Waals surface area contributed by atoms with Gasteiger partial charge in [0.1, 0.15) is 6.10 Å². The molecular weight excluding hydrogens is 252 g/mol. The van der Waals surface area contributed by atoms with Gasteiger partial charge in [-0.1, -0.05) is 13.0 Å². The molecule has 0 radical (unpaired) electrons. The number of ketones is 1. The second-order valence-corrected chi connectivity index (χ2v) is 5.70. The highest BCUT2D eigenvalue weighted by atomic mass is 16.5. The zero-order valence-corrected chi connectivity index (χ0v) is 12.0. The van der Waals surface area contributed by atoms with Gasteiger partial charge in [0, 0.05) is 19.3 Å². The highest BCUT2D eigenvalue weighted by molar-refractivity contribution is 5.90. The molecule has 2 aliphatic rings. The third-order valence-corrected chi connectivity index (χ3v) is 4.31. The molecule has 3 rings (SSSR count). The van der Waals surface area contributed by atoms with Gasteiger partial charge in [-0.2, -0.15) is 0 Å². The van der Waals surface area contributed by atoms with Crippen molar-refractivity contribution >= 4 is 5.78 Å². The Kier molecular flexibility index (Phi) is 4.13. The van der Waals surface area contributed by atoms with E-state index in [1.165, 1.54) is 5.56 Å². The van der Waals surface area contributed by atoms with Crippen molar-refractivity contribution in [3.05, 3.63) is 29.6 Å². The number of aryl methyl sites for hydroxylation is 1. The second-order valence-electron chi connectivity index (χ2n) is 5.70. The van der Waals surface area contributed by atoms with Gasteiger partial charge >= 0.3 is 0 Å². The van der Waals surface area contributed by atoms with Gasteiger partial charge < -0.3 is 4.74 Å². The van der Waals surface area contributed by atoms with Gasteiger partial charge in [-0.15, -0.1) is 0 Å². The molecule has 0 bridgehead atoms. The van der Waals surface area contributed by atoms with E-state index in [1.807, 2.05) is 6.07 Å². The van der Waals surface area contributed by atoms with Gasteiger partial charge in [-0.25, -0.2) is 0 Å². The molecule has 1 saturated heterocycles. The van der Waals surface area contributed by atoms with Crippen LogP contribution in [0.3, 0.4) is 0 Å². The first kappa shape index (κ1) is 13.7. The van der Waals surface area contributed by atoms with Gasteiger partial charge in [0.15, 0.2) is 5.78 Å². The van der Waals surface area contributed by atoms with E-state index in [4.69, 9.17) is 4.74 Å². The fraction of sp³-hybridized carbons (Fsp3) is 0.625. The summed E-state index contributed by atoms with van der Waals surface area (Å²) < 4.78 is 5.72. The molecule has 20 heavy (non-hydrogen) atoms. The molecule has 0 saturated carbocycles. The summed E-state index contributed by atoms with van der Waals surface area (Å²) in [4.78, 5) is 19.5. The molecule has 1 aromatic heterocycles. The molecule has 108 valence electrons. The predicted octanol–water partition coefficient (Wildman–Crippen LogP) is 1.79. The minimum Gasteiger partial charge on any atom is -0.368 e. The smallest absolute Gasteiger partial charge is 0.171 e. The van der Waals surface area contributed by atoms with Crippen LogP contribution in [0.25, 0.3) is 0 Å². The van der Waals surface area contributed by atoms with E-state index in [2.05, 4.69) is 22.9 Å². The Morgan fingerprint density at radius 3 is 3.30 bits per heavy atom. The van der Waals surface area contributed by atoms with E-state index >= 15 is 0 Å². The third-order valence-electron chi connectivity index (χ3n) is 4.31. The summed E-state index contributed by atoms with van der Waals surface area (Å²) in [5.74, 6) is 0.168. The van der Waals surface area contributed by atoms with Crippen LogP contribution in [-0.4, -0.2) is 48.0 Å². The number of fused-ring (bicyclic) bond motifs is 1. The van der Waals surface area contributed by atoms with E-state index in [0.717, 1.165) is 44.6 Å². The van der Waals surface area contributed by atoms with Crippen molar-refractivity contribution in [1.82, 2.24) is 9.88 Å². The van der Waals surface area contributed by atoms with Crippen LogP contribution in [-0.2, 0) is 16.0 Å². The number of carbonyl (C=O) groups excluding carboxylic acids is 1. The summed E-state index contributed by atoms with van der Waals surface area (Å²) in [7, 11) is 0. The number of rotatable bonds is 4. The number of morpholine rings is 1. The standard InChI is InChI=1S/C16H22N2O2/c1-2-8-18-9-10-20-14(11-18)16(19)13-6-5-12-4-3-7-17-15(12)13/h3-4,7,13-14H,2,5-6,8-11H2,1H3. The highest BCUT2D eigenvalue weighted by Crippen LogP contribution is 2.33. The van der Waals surface area contributed by atoms with Gasteiger partial charge in [0.05, 0.1) is 18.2 Å². The molecule has 0 amide bonds. The maximum absolute atomic E-state index is 12.7. The third kappa shape index (κ3) is 2.63. The van der Waals surface area contributed by atoms with Crippen molar-refractivity contribution in [3.63, 3.8) is 0 Å². The van der Waals surface area contributed by atoms with Crippen LogP contribution in [0.5, 0.6) is 0 Å². The Bertz CT molecular complexity index is 487. The van der Waals surface area contributed by atoms with Crippen LogP contribution in [0.15, 0.2) is 18.3 Å².